The van der Waals surface area contributed by atoms with Gasteiger partial charge in [-0.15, -0.1) is 0 Å². The van der Waals surface area contributed by atoms with Gasteiger partial charge in [0.05, 0.1) is 12.5 Å². The number of hydrogen-bond acceptors (Lipinski definition) is 3. The second kappa shape index (κ2) is 3.05. The van der Waals surface area contributed by atoms with Crippen LogP contribution in [0, 0.1) is 11.3 Å². The van der Waals surface area contributed by atoms with Crippen molar-refractivity contribution in [3.05, 3.63) is 0 Å². The number of esters is 1. The van der Waals surface area contributed by atoms with Crippen LogP contribution in [-0.4, -0.2) is 18.9 Å². The molecule has 1 saturated heterocycles. The third-order valence-corrected chi connectivity index (χ3v) is 1.83. The van der Waals surface area contributed by atoms with Gasteiger partial charge in [0.25, 0.3) is 0 Å². The molecule has 0 aromatic rings. The lowest BCUT2D eigenvalue weighted by molar-refractivity contribution is -0.233. The van der Waals surface area contributed by atoms with Crippen molar-refractivity contribution >= 4 is 5.97 Å². The molecule has 0 aromatic heterocycles. The molecule has 1 aliphatic heterocycles. The van der Waals surface area contributed by atoms with Gasteiger partial charge in [0.15, 0.2) is 0 Å². The predicted octanol–water partition coefficient (Wildman–Crippen LogP) is 1.57. The number of rotatable bonds is 0. The van der Waals surface area contributed by atoms with E-state index in [-0.39, 0.29) is 23.6 Å². The van der Waals surface area contributed by atoms with Crippen molar-refractivity contribution in [2.75, 3.05) is 6.61 Å². The molecule has 0 spiro atoms. The quantitative estimate of drug-likeness (QED) is 0.520. The largest absolute Gasteiger partial charge is 0.435 e. The summed E-state index contributed by atoms with van der Waals surface area (Å²) in [6, 6.07) is 0. The average Bonchev–Trinajstić information content (AvgIpc) is 1.92. The van der Waals surface area contributed by atoms with Gasteiger partial charge < -0.3 is 9.47 Å². The van der Waals surface area contributed by atoms with E-state index in [1.807, 2.05) is 20.8 Å². The fourth-order valence-electron chi connectivity index (χ4n) is 0.982. The molecule has 0 saturated carbocycles. The molecule has 70 valence electrons. The second-order valence-corrected chi connectivity index (χ2v) is 4.37. The molecule has 1 aliphatic rings. The Morgan fingerprint density at radius 2 is 2.00 bits per heavy atom. The van der Waals surface area contributed by atoms with E-state index < -0.39 is 0 Å². The highest BCUT2D eigenvalue weighted by molar-refractivity contribution is 5.72. The van der Waals surface area contributed by atoms with Crippen LogP contribution in [0.3, 0.4) is 0 Å². The van der Waals surface area contributed by atoms with Crippen molar-refractivity contribution in [2.24, 2.45) is 11.3 Å². The summed E-state index contributed by atoms with van der Waals surface area (Å²) in [6.45, 7) is 8.24. The molecule has 1 fully saturated rings. The third kappa shape index (κ3) is 1.97. The zero-order chi connectivity index (χ0) is 9.35. The van der Waals surface area contributed by atoms with E-state index in [0.29, 0.717) is 6.61 Å². The van der Waals surface area contributed by atoms with Crippen LogP contribution in [0.2, 0.25) is 0 Å². The monoisotopic (exact) mass is 172 g/mol. The maximum absolute atomic E-state index is 11.1. The van der Waals surface area contributed by atoms with Crippen LogP contribution < -0.4 is 0 Å². The third-order valence-electron chi connectivity index (χ3n) is 1.83. The molecule has 0 aliphatic carbocycles. The van der Waals surface area contributed by atoms with Gasteiger partial charge in [-0.05, 0) is 6.92 Å². The predicted molar refractivity (Wildman–Crippen MR) is 44.5 cm³/mol. The first-order valence-corrected chi connectivity index (χ1v) is 4.23. The topological polar surface area (TPSA) is 35.5 Å². The molecule has 0 aromatic carbocycles. The lowest BCUT2D eigenvalue weighted by atomic mass is 9.95. The number of cyclic esters (lactones) is 1. The SMILES string of the molecule is CC1COC(C(C)(C)C)OC1=O. The Morgan fingerprint density at radius 3 is 2.42 bits per heavy atom. The van der Waals surface area contributed by atoms with Crippen molar-refractivity contribution in [3.8, 4) is 0 Å². The molecule has 1 rings (SSSR count). The first kappa shape index (κ1) is 9.52. The molecule has 3 nitrogen and oxygen atoms in total. The number of ether oxygens (including phenoxy) is 2. The second-order valence-electron chi connectivity index (χ2n) is 4.37. The number of carbonyl (C=O) groups is 1. The Labute approximate surface area is 73.0 Å². The highest BCUT2D eigenvalue weighted by atomic mass is 16.7. The molecule has 3 heteroatoms. The van der Waals surface area contributed by atoms with Crippen LogP contribution in [0.5, 0.6) is 0 Å². The van der Waals surface area contributed by atoms with Crippen LogP contribution in [0.4, 0.5) is 0 Å². The van der Waals surface area contributed by atoms with E-state index >= 15 is 0 Å². The van der Waals surface area contributed by atoms with Crippen LogP contribution in [0.15, 0.2) is 0 Å². The van der Waals surface area contributed by atoms with Gasteiger partial charge in [0.1, 0.15) is 0 Å². The Morgan fingerprint density at radius 1 is 1.42 bits per heavy atom. The van der Waals surface area contributed by atoms with Gasteiger partial charge in [0.2, 0.25) is 6.29 Å². The Hall–Kier alpha value is -0.570. The molecule has 0 bridgehead atoms. The van der Waals surface area contributed by atoms with Gasteiger partial charge in [-0.25, -0.2) is 0 Å². The van der Waals surface area contributed by atoms with E-state index in [9.17, 15) is 4.79 Å². The van der Waals surface area contributed by atoms with Crippen LogP contribution in [0.25, 0.3) is 0 Å². The fourth-order valence-corrected chi connectivity index (χ4v) is 0.982. The maximum Gasteiger partial charge on any atom is 0.313 e. The van der Waals surface area contributed by atoms with Crippen LogP contribution in [0.1, 0.15) is 27.7 Å². The number of carbonyl (C=O) groups excluding carboxylic acids is 1. The molecule has 0 amide bonds. The maximum atomic E-state index is 11.1. The molecular formula is C9H16O3. The molecule has 0 N–H and O–H groups in total. The summed E-state index contributed by atoms with van der Waals surface area (Å²) < 4.78 is 10.5. The molecular weight excluding hydrogens is 156 g/mol. The van der Waals surface area contributed by atoms with Crippen molar-refractivity contribution in [1.82, 2.24) is 0 Å². The van der Waals surface area contributed by atoms with Crippen LogP contribution >= 0.6 is 0 Å². The minimum absolute atomic E-state index is 0.122. The Bertz CT molecular complexity index is 181. The zero-order valence-corrected chi connectivity index (χ0v) is 8.09. The fraction of sp³-hybridized carbons (Fsp3) is 0.889. The lowest BCUT2D eigenvalue weighted by Crippen LogP contribution is -2.42. The first-order chi connectivity index (χ1) is 5.41. The molecule has 1 heterocycles. The standard InChI is InChI=1S/C9H16O3/c1-6-5-11-8(9(2,3)4)12-7(6)10/h6,8H,5H2,1-4H3. The Balaban J connectivity index is 2.57. The van der Waals surface area contributed by atoms with Gasteiger partial charge in [-0.2, -0.15) is 0 Å². The van der Waals surface area contributed by atoms with Gasteiger partial charge in [0, 0.05) is 5.41 Å². The smallest absolute Gasteiger partial charge is 0.313 e. The molecule has 2 unspecified atom stereocenters. The van der Waals surface area contributed by atoms with E-state index in [1.54, 1.807) is 6.92 Å². The highest BCUT2D eigenvalue weighted by Crippen LogP contribution is 2.27. The van der Waals surface area contributed by atoms with Gasteiger partial charge >= 0.3 is 5.97 Å². The normalized spacial score (nSPS) is 31.5. The molecule has 2 atom stereocenters. The summed E-state index contributed by atoms with van der Waals surface area (Å²) in [5.41, 5.74) is -0.129. The molecule has 12 heavy (non-hydrogen) atoms. The summed E-state index contributed by atoms with van der Waals surface area (Å²) in [5, 5.41) is 0. The molecule has 0 radical (unpaired) electrons. The highest BCUT2D eigenvalue weighted by Gasteiger charge is 2.35. The van der Waals surface area contributed by atoms with E-state index in [2.05, 4.69) is 0 Å². The van der Waals surface area contributed by atoms with E-state index in [4.69, 9.17) is 9.47 Å². The van der Waals surface area contributed by atoms with E-state index in [0.717, 1.165) is 0 Å². The zero-order valence-electron chi connectivity index (χ0n) is 8.09. The summed E-state index contributed by atoms with van der Waals surface area (Å²) in [5.74, 6) is -0.273. The summed E-state index contributed by atoms with van der Waals surface area (Å²) in [6.07, 6.45) is -0.388. The Kier molecular flexibility index (Phi) is 2.42. The summed E-state index contributed by atoms with van der Waals surface area (Å²) in [4.78, 5) is 11.1. The number of hydrogen-bond donors (Lipinski definition) is 0. The van der Waals surface area contributed by atoms with Gasteiger partial charge in [-0.3, -0.25) is 4.79 Å². The minimum atomic E-state index is -0.388. The van der Waals surface area contributed by atoms with Crippen molar-refractivity contribution < 1.29 is 14.3 Å². The average molecular weight is 172 g/mol. The van der Waals surface area contributed by atoms with Crippen molar-refractivity contribution in [3.63, 3.8) is 0 Å². The summed E-state index contributed by atoms with van der Waals surface area (Å²) >= 11 is 0. The lowest BCUT2D eigenvalue weighted by Gasteiger charge is -2.34. The van der Waals surface area contributed by atoms with Crippen molar-refractivity contribution in [1.29, 1.82) is 0 Å². The van der Waals surface area contributed by atoms with E-state index in [1.165, 1.54) is 0 Å². The first-order valence-electron chi connectivity index (χ1n) is 4.23. The minimum Gasteiger partial charge on any atom is -0.435 e. The van der Waals surface area contributed by atoms with Crippen molar-refractivity contribution in [2.45, 2.75) is 34.0 Å². The summed E-state index contributed by atoms with van der Waals surface area (Å²) in [7, 11) is 0. The van der Waals surface area contributed by atoms with Gasteiger partial charge in [-0.1, -0.05) is 20.8 Å². The van der Waals surface area contributed by atoms with Crippen LogP contribution in [-0.2, 0) is 14.3 Å².